The minimum absolute atomic E-state index is 0.407. The topological polar surface area (TPSA) is 20.2 Å². The third-order valence-electron chi connectivity index (χ3n) is 2.09. The van der Waals surface area contributed by atoms with Gasteiger partial charge in [-0.2, -0.15) is 0 Å². The molecule has 0 aromatic rings. The van der Waals surface area contributed by atoms with Gasteiger partial charge in [0.15, 0.2) is 0 Å². The van der Waals surface area contributed by atoms with E-state index in [0.717, 1.165) is 12.0 Å². The van der Waals surface area contributed by atoms with Crippen molar-refractivity contribution in [2.45, 2.75) is 6.42 Å². The van der Waals surface area contributed by atoms with Crippen LogP contribution in [0.4, 0.5) is 0 Å². The maximum Gasteiger partial charge on any atom is 0.119 e. The summed E-state index contributed by atoms with van der Waals surface area (Å²) in [5, 5.41) is 9.41. The van der Waals surface area contributed by atoms with Gasteiger partial charge in [0, 0.05) is 11.5 Å². The van der Waals surface area contributed by atoms with Crippen LogP contribution in [0.1, 0.15) is 6.42 Å². The molecular weight excluding hydrogens is 136 g/mol. The SMILES string of the molecule is OC1=C2C=CC=CC2CC=C1. The molecule has 0 aromatic heterocycles. The molecule has 0 spiro atoms. The largest absolute Gasteiger partial charge is 0.508 e. The van der Waals surface area contributed by atoms with Gasteiger partial charge >= 0.3 is 0 Å². The Morgan fingerprint density at radius 1 is 1.27 bits per heavy atom. The van der Waals surface area contributed by atoms with E-state index in [9.17, 15) is 5.11 Å². The maximum atomic E-state index is 9.41. The van der Waals surface area contributed by atoms with Crippen molar-refractivity contribution < 1.29 is 5.11 Å². The zero-order valence-electron chi connectivity index (χ0n) is 6.20. The smallest absolute Gasteiger partial charge is 0.119 e. The van der Waals surface area contributed by atoms with Crippen LogP contribution >= 0.6 is 0 Å². The van der Waals surface area contributed by atoms with Gasteiger partial charge in [-0.1, -0.05) is 30.4 Å². The molecule has 0 saturated heterocycles. The standard InChI is InChI=1S/C10H10O/c11-10-7-3-5-8-4-1-2-6-9(8)10/h1-4,6-8,11H,5H2. The molecule has 0 saturated carbocycles. The first-order valence-corrected chi connectivity index (χ1v) is 3.82. The fourth-order valence-corrected chi connectivity index (χ4v) is 1.49. The van der Waals surface area contributed by atoms with E-state index in [1.54, 1.807) is 6.08 Å². The Kier molecular flexibility index (Phi) is 1.42. The van der Waals surface area contributed by atoms with Gasteiger partial charge in [0.2, 0.25) is 0 Å². The van der Waals surface area contributed by atoms with Crippen LogP contribution in [-0.4, -0.2) is 5.11 Å². The van der Waals surface area contributed by atoms with Gasteiger partial charge in [-0.3, -0.25) is 0 Å². The molecule has 0 radical (unpaired) electrons. The van der Waals surface area contributed by atoms with Gasteiger partial charge < -0.3 is 5.11 Å². The van der Waals surface area contributed by atoms with Gasteiger partial charge in [-0.15, -0.1) is 0 Å². The van der Waals surface area contributed by atoms with Crippen molar-refractivity contribution in [3.63, 3.8) is 0 Å². The van der Waals surface area contributed by atoms with Gasteiger partial charge in [0.05, 0.1) is 0 Å². The number of allylic oxidation sites excluding steroid dienone is 7. The molecule has 1 atom stereocenters. The van der Waals surface area contributed by atoms with Crippen molar-refractivity contribution in [1.82, 2.24) is 0 Å². The quantitative estimate of drug-likeness (QED) is 0.556. The molecule has 0 fully saturated rings. The fraction of sp³-hybridized carbons (Fsp3) is 0.200. The van der Waals surface area contributed by atoms with Crippen molar-refractivity contribution in [2.75, 3.05) is 0 Å². The van der Waals surface area contributed by atoms with Gasteiger partial charge in [-0.25, -0.2) is 0 Å². The number of fused-ring (bicyclic) bond motifs is 1. The lowest BCUT2D eigenvalue weighted by molar-refractivity contribution is 0.416. The highest BCUT2D eigenvalue weighted by atomic mass is 16.3. The predicted octanol–water partition coefficient (Wildman–Crippen LogP) is 2.50. The van der Waals surface area contributed by atoms with Gasteiger partial charge in [0.25, 0.3) is 0 Å². The third-order valence-corrected chi connectivity index (χ3v) is 2.09. The fourth-order valence-electron chi connectivity index (χ4n) is 1.49. The molecule has 56 valence electrons. The molecule has 1 unspecified atom stereocenters. The molecule has 1 N–H and O–H groups in total. The summed E-state index contributed by atoms with van der Waals surface area (Å²) >= 11 is 0. The molecule has 0 amide bonds. The Hall–Kier alpha value is -1.24. The average Bonchev–Trinajstić information content (AvgIpc) is 2.06. The lowest BCUT2D eigenvalue weighted by Gasteiger charge is -2.18. The normalized spacial score (nSPS) is 27.5. The average molecular weight is 146 g/mol. The summed E-state index contributed by atoms with van der Waals surface area (Å²) in [6.45, 7) is 0. The number of aliphatic hydroxyl groups excluding tert-OH is 1. The summed E-state index contributed by atoms with van der Waals surface area (Å²) in [4.78, 5) is 0. The Labute approximate surface area is 66.0 Å². The van der Waals surface area contributed by atoms with E-state index in [0.29, 0.717) is 11.7 Å². The number of aliphatic hydroxyl groups is 1. The van der Waals surface area contributed by atoms with Gasteiger partial charge in [-0.05, 0) is 12.5 Å². The first-order chi connectivity index (χ1) is 5.38. The summed E-state index contributed by atoms with van der Waals surface area (Å²) in [7, 11) is 0. The summed E-state index contributed by atoms with van der Waals surface area (Å²) in [5.41, 5.74) is 1.05. The van der Waals surface area contributed by atoms with E-state index < -0.39 is 0 Å². The Morgan fingerprint density at radius 3 is 3.00 bits per heavy atom. The monoisotopic (exact) mass is 146 g/mol. The molecule has 1 nitrogen and oxygen atoms in total. The second-order valence-corrected chi connectivity index (χ2v) is 2.83. The minimum atomic E-state index is 0.407. The molecule has 0 aliphatic heterocycles. The van der Waals surface area contributed by atoms with E-state index in [1.165, 1.54) is 0 Å². The second-order valence-electron chi connectivity index (χ2n) is 2.83. The lowest BCUT2D eigenvalue weighted by atomic mass is 9.87. The van der Waals surface area contributed by atoms with Crippen molar-refractivity contribution in [3.05, 3.63) is 47.8 Å². The van der Waals surface area contributed by atoms with E-state index in [2.05, 4.69) is 6.08 Å². The van der Waals surface area contributed by atoms with E-state index in [-0.39, 0.29) is 0 Å². The highest BCUT2D eigenvalue weighted by Gasteiger charge is 2.16. The zero-order chi connectivity index (χ0) is 7.68. The van der Waals surface area contributed by atoms with Crippen LogP contribution in [0, 0.1) is 5.92 Å². The van der Waals surface area contributed by atoms with Crippen LogP contribution in [0.5, 0.6) is 0 Å². The van der Waals surface area contributed by atoms with Crippen molar-refractivity contribution >= 4 is 0 Å². The first-order valence-electron chi connectivity index (χ1n) is 3.82. The molecule has 0 bridgehead atoms. The summed E-state index contributed by atoms with van der Waals surface area (Å²) in [6.07, 6.45) is 12.9. The highest BCUT2D eigenvalue weighted by Crippen LogP contribution is 2.28. The molecule has 2 rings (SSSR count). The van der Waals surface area contributed by atoms with Crippen LogP contribution in [-0.2, 0) is 0 Å². The van der Waals surface area contributed by atoms with E-state index >= 15 is 0 Å². The van der Waals surface area contributed by atoms with Crippen LogP contribution in [0.3, 0.4) is 0 Å². The van der Waals surface area contributed by atoms with Crippen LogP contribution in [0.25, 0.3) is 0 Å². The summed E-state index contributed by atoms with van der Waals surface area (Å²) < 4.78 is 0. The Morgan fingerprint density at radius 2 is 2.18 bits per heavy atom. The molecule has 0 heterocycles. The third kappa shape index (κ3) is 1.03. The molecule has 11 heavy (non-hydrogen) atoms. The molecular formula is C10H10O. The predicted molar refractivity (Wildman–Crippen MR) is 45.2 cm³/mol. The van der Waals surface area contributed by atoms with Crippen LogP contribution < -0.4 is 0 Å². The van der Waals surface area contributed by atoms with Crippen LogP contribution in [0.15, 0.2) is 47.8 Å². The molecule has 0 aromatic carbocycles. The van der Waals surface area contributed by atoms with E-state index in [1.807, 2.05) is 24.3 Å². The van der Waals surface area contributed by atoms with E-state index in [4.69, 9.17) is 0 Å². The first kappa shape index (κ1) is 6.47. The van der Waals surface area contributed by atoms with Crippen molar-refractivity contribution in [2.24, 2.45) is 5.92 Å². The summed E-state index contributed by atoms with van der Waals surface area (Å²) in [6, 6.07) is 0. The number of hydrogen-bond acceptors (Lipinski definition) is 1. The lowest BCUT2D eigenvalue weighted by Crippen LogP contribution is -2.06. The van der Waals surface area contributed by atoms with Crippen molar-refractivity contribution in [3.8, 4) is 0 Å². The van der Waals surface area contributed by atoms with Crippen molar-refractivity contribution in [1.29, 1.82) is 0 Å². The molecule has 2 aliphatic carbocycles. The zero-order valence-corrected chi connectivity index (χ0v) is 6.20. The minimum Gasteiger partial charge on any atom is -0.508 e. The summed E-state index contributed by atoms with van der Waals surface area (Å²) in [5.74, 6) is 0.826. The Balaban J connectivity index is 2.43. The Bertz CT molecular complexity index is 279. The number of rotatable bonds is 0. The number of hydrogen-bond donors (Lipinski definition) is 1. The molecule has 2 aliphatic rings. The molecule has 1 heteroatoms. The second kappa shape index (κ2) is 2.42. The highest BCUT2D eigenvalue weighted by molar-refractivity contribution is 5.40. The maximum absolute atomic E-state index is 9.41. The van der Waals surface area contributed by atoms with Gasteiger partial charge in [0.1, 0.15) is 5.76 Å². The van der Waals surface area contributed by atoms with Crippen LogP contribution in [0.2, 0.25) is 0 Å².